The standard InChI is InChI=1S/C12H24N4O2S/c1-8(2)6-14-19(17,18)12-10(5)15-16-11(12)7-13-9(3)4/h8-9,13-14H,6-7H2,1-5H3,(H,15,16). The summed E-state index contributed by atoms with van der Waals surface area (Å²) < 4.78 is 27.2. The van der Waals surface area contributed by atoms with Crippen molar-refractivity contribution in [1.29, 1.82) is 0 Å². The van der Waals surface area contributed by atoms with Crippen molar-refractivity contribution in [3.05, 3.63) is 11.4 Å². The summed E-state index contributed by atoms with van der Waals surface area (Å²) in [6.07, 6.45) is 0. The Balaban J connectivity index is 2.95. The van der Waals surface area contributed by atoms with E-state index in [0.717, 1.165) is 0 Å². The lowest BCUT2D eigenvalue weighted by Crippen LogP contribution is -2.30. The quantitative estimate of drug-likeness (QED) is 0.702. The largest absolute Gasteiger partial charge is 0.309 e. The first-order valence-electron chi connectivity index (χ1n) is 6.51. The summed E-state index contributed by atoms with van der Waals surface area (Å²) in [6, 6.07) is 0.274. The van der Waals surface area contributed by atoms with Gasteiger partial charge in [-0.2, -0.15) is 5.10 Å². The lowest BCUT2D eigenvalue weighted by molar-refractivity contribution is 0.552. The number of sulfonamides is 1. The lowest BCUT2D eigenvalue weighted by Gasteiger charge is -2.11. The molecule has 0 saturated heterocycles. The van der Waals surface area contributed by atoms with E-state index in [1.807, 2.05) is 27.7 Å². The molecule has 0 spiro atoms. The molecule has 3 N–H and O–H groups in total. The van der Waals surface area contributed by atoms with Crippen LogP contribution in [0.1, 0.15) is 39.1 Å². The maximum Gasteiger partial charge on any atom is 0.244 e. The highest BCUT2D eigenvalue weighted by Crippen LogP contribution is 2.17. The normalized spacial score (nSPS) is 12.6. The summed E-state index contributed by atoms with van der Waals surface area (Å²) in [5.41, 5.74) is 1.10. The number of hydrogen-bond acceptors (Lipinski definition) is 4. The van der Waals surface area contributed by atoms with Crippen LogP contribution >= 0.6 is 0 Å². The van der Waals surface area contributed by atoms with Crippen LogP contribution in [0.15, 0.2) is 4.90 Å². The van der Waals surface area contributed by atoms with E-state index in [-0.39, 0.29) is 16.9 Å². The molecular formula is C12H24N4O2S. The fourth-order valence-electron chi connectivity index (χ4n) is 1.60. The molecule has 0 aliphatic carbocycles. The fraction of sp³-hybridized carbons (Fsp3) is 0.750. The molecular weight excluding hydrogens is 264 g/mol. The summed E-state index contributed by atoms with van der Waals surface area (Å²) in [5.74, 6) is 0.263. The Morgan fingerprint density at radius 3 is 2.42 bits per heavy atom. The minimum atomic E-state index is -3.50. The van der Waals surface area contributed by atoms with Crippen molar-refractivity contribution in [3.8, 4) is 0 Å². The number of nitrogens with zero attached hydrogens (tertiary/aromatic N) is 1. The molecule has 1 aromatic rings. The first kappa shape index (κ1) is 16.1. The summed E-state index contributed by atoms with van der Waals surface area (Å²) in [4.78, 5) is 0.265. The second kappa shape index (κ2) is 6.49. The van der Waals surface area contributed by atoms with Crippen molar-refractivity contribution in [1.82, 2.24) is 20.2 Å². The molecule has 0 aliphatic rings. The molecule has 0 aliphatic heterocycles. The molecule has 0 amide bonds. The number of aryl methyl sites for hydroxylation is 1. The fourth-order valence-corrected chi connectivity index (χ4v) is 3.17. The van der Waals surface area contributed by atoms with Gasteiger partial charge in [0.25, 0.3) is 0 Å². The molecule has 19 heavy (non-hydrogen) atoms. The van der Waals surface area contributed by atoms with Gasteiger partial charge in [0.2, 0.25) is 10.0 Å². The van der Waals surface area contributed by atoms with Gasteiger partial charge in [0.1, 0.15) is 4.90 Å². The zero-order valence-electron chi connectivity index (χ0n) is 12.2. The van der Waals surface area contributed by atoms with Crippen molar-refractivity contribution < 1.29 is 8.42 Å². The molecule has 0 fully saturated rings. The molecule has 1 aromatic heterocycles. The van der Waals surface area contributed by atoms with Crippen LogP contribution in [-0.2, 0) is 16.6 Å². The van der Waals surface area contributed by atoms with Gasteiger partial charge in [-0.1, -0.05) is 27.7 Å². The van der Waals surface area contributed by atoms with Crippen molar-refractivity contribution in [2.24, 2.45) is 5.92 Å². The minimum absolute atomic E-state index is 0.263. The molecule has 7 heteroatoms. The van der Waals surface area contributed by atoms with Crippen molar-refractivity contribution in [2.75, 3.05) is 6.54 Å². The first-order valence-corrected chi connectivity index (χ1v) is 7.99. The van der Waals surface area contributed by atoms with Crippen LogP contribution < -0.4 is 10.0 Å². The molecule has 1 heterocycles. The third-order valence-corrected chi connectivity index (χ3v) is 4.22. The Labute approximate surface area is 115 Å². The molecule has 110 valence electrons. The van der Waals surface area contributed by atoms with Crippen molar-refractivity contribution >= 4 is 10.0 Å². The predicted octanol–water partition coefficient (Wildman–Crippen LogP) is 1.15. The van der Waals surface area contributed by atoms with Gasteiger partial charge >= 0.3 is 0 Å². The van der Waals surface area contributed by atoms with Gasteiger partial charge in [-0.15, -0.1) is 0 Å². The topological polar surface area (TPSA) is 86.9 Å². The monoisotopic (exact) mass is 288 g/mol. The maximum absolute atomic E-state index is 12.3. The van der Waals surface area contributed by atoms with E-state index in [1.54, 1.807) is 6.92 Å². The van der Waals surface area contributed by atoms with Gasteiger partial charge in [-0.25, -0.2) is 13.1 Å². The van der Waals surface area contributed by atoms with E-state index in [2.05, 4.69) is 20.2 Å². The Kier molecular flexibility index (Phi) is 5.51. The van der Waals surface area contributed by atoms with Gasteiger partial charge in [-0.05, 0) is 12.8 Å². The van der Waals surface area contributed by atoms with Crippen LogP contribution in [0.5, 0.6) is 0 Å². The molecule has 0 radical (unpaired) electrons. The Morgan fingerprint density at radius 2 is 1.89 bits per heavy atom. The third-order valence-electron chi connectivity index (χ3n) is 2.59. The van der Waals surface area contributed by atoms with Crippen LogP contribution in [0, 0.1) is 12.8 Å². The zero-order chi connectivity index (χ0) is 14.6. The van der Waals surface area contributed by atoms with E-state index >= 15 is 0 Å². The minimum Gasteiger partial charge on any atom is -0.309 e. The summed E-state index contributed by atoms with van der Waals surface area (Å²) in [7, 11) is -3.50. The van der Waals surface area contributed by atoms with E-state index in [4.69, 9.17) is 0 Å². The van der Waals surface area contributed by atoms with Crippen LogP contribution in [0.3, 0.4) is 0 Å². The Hall–Kier alpha value is -0.920. The maximum atomic E-state index is 12.3. The Bertz CT molecular complexity index is 506. The van der Waals surface area contributed by atoms with E-state index in [1.165, 1.54) is 0 Å². The molecule has 1 rings (SSSR count). The number of aromatic amines is 1. The van der Waals surface area contributed by atoms with Gasteiger partial charge < -0.3 is 5.32 Å². The van der Waals surface area contributed by atoms with Gasteiger partial charge in [0, 0.05) is 19.1 Å². The predicted molar refractivity (Wildman–Crippen MR) is 75.3 cm³/mol. The van der Waals surface area contributed by atoms with E-state index < -0.39 is 10.0 Å². The average molecular weight is 288 g/mol. The highest BCUT2D eigenvalue weighted by atomic mass is 32.2. The number of nitrogens with one attached hydrogen (secondary N) is 3. The van der Waals surface area contributed by atoms with Crippen LogP contribution in [0.25, 0.3) is 0 Å². The lowest BCUT2D eigenvalue weighted by atomic mass is 10.2. The zero-order valence-corrected chi connectivity index (χ0v) is 13.1. The number of aromatic nitrogens is 2. The second-order valence-electron chi connectivity index (χ2n) is 5.41. The first-order chi connectivity index (χ1) is 8.74. The van der Waals surface area contributed by atoms with E-state index in [0.29, 0.717) is 24.5 Å². The number of rotatable bonds is 7. The van der Waals surface area contributed by atoms with E-state index in [9.17, 15) is 8.42 Å². The van der Waals surface area contributed by atoms with Gasteiger partial charge in [0.15, 0.2) is 0 Å². The van der Waals surface area contributed by atoms with Crippen LogP contribution in [0.2, 0.25) is 0 Å². The average Bonchev–Trinajstić information content (AvgIpc) is 2.66. The highest BCUT2D eigenvalue weighted by molar-refractivity contribution is 7.89. The Morgan fingerprint density at radius 1 is 1.26 bits per heavy atom. The van der Waals surface area contributed by atoms with Crippen LogP contribution in [-0.4, -0.2) is 31.2 Å². The van der Waals surface area contributed by atoms with Crippen molar-refractivity contribution in [2.45, 2.75) is 52.1 Å². The molecule has 0 atom stereocenters. The molecule has 6 nitrogen and oxygen atoms in total. The molecule has 0 bridgehead atoms. The third kappa shape index (κ3) is 4.59. The molecule has 0 aromatic carbocycles. The summed E-state index contributed by atoms with van der Waals surface area (Å²) in [5, 5.41) is 10.00. The molecule has 0 saturated carbocycles. The summed E-state index contributed by atoms with van der Waals surface area (Å²) >= 11 is 0. The molecule has 0 unspecified atom stereocenters. The SMILES string of the molecule is Cc1[nH]nc(CNC(C)C)c1S(=O)(=O)NCC(C)C. The van der Waals surface area contributed by atoms with Crippen LogP contribution in [0.4, 0.5) is 0 Å². The number of hydrogen-bond donors (Lipinski definition) is 3. The highest BCUT2D eigenvalue weighted by Gasteiger charge is 2.24. The van der Waals surface area contributed by atoms with Crippen molar-refractivity contribution in [3.63, 3.8) is 0 Å². The second-order valence-corrected chi connectivity index (χ2v) is 7.11. The van der Waals surface area contributed by atoms with Gasteiger partial charge in [-0.3, -0.25) is 5.10 Å². The summed E-state index contributed by atoms with van der Waals surface area (Å²) in [6.45, 7) is 10.5. The number of H-pyrrole nitrogens is 1. The smallest absolute Gasteiger partial charge is 0.244 e. The van der Waals surface area contributed by atoms with Gasteiger partial charge in [0.05, 0.1) is 11.4 Å².